The lowest BCUT2D eigenvalue weighted by atomic mass is 10.0. The molecule has 0 heterocycles. The number of carbonyl (C=O) groups is 1. The van der Waals surface area contributed by atoms with Crippen molar-refractivity contribution in [1.82, 2.24) is 5.32 Å². The van der Waals surface area contributed by atoms with Crippen molar-refractivity contribution in [1.29, 1.82) is 0 Å². The molecule has 0 aromatic heterocycles. The molecule has 1 amide bonds. The number of hydrogen-bond acceptors (Lipinski definition) is 2. The summed E-state index contributed by atoms with van der Waals surface area (Å²) >= 11 is 0. The fourth-order valence-corrected chi connectivity index (χ4v) is 2.03. The SMILES string of the molecule is CCOC(=O)NC(C)c1ccc(-c2ccccc2)cc1. The first-order valence-electron chi connectivity index (χ1n) is 6.79. The maximum atomic E-state index is 11.4. The molecule has 3 nitrogen and oxygen atoms in total. The molecule has 0 saturated heterocycles. The van der Waals surface area contributed by atoms with Crippen LogP contribution < -0.4 is 5.32 Å². The Labute approximate surface area is 119 Å². The maximum absolute atomic E-state index is 11.4. The predicted octanol–water partition coefficient (Wildman–Crippen LogP) is 4.16. The van der Waals surface area contributed by atoms with Crippen molar-refractivity contribution >= 4 is 6.09 Å². The van der Waals surface area contributed by atoms with Crippen molar-refractivity contribution in [2.45, 2.75) is 19.9 Å². The van der Waals surface area contributed by atoms with E-state index in [2.05, 4.69) is 29.6 Å². The average molecular weight is 269 g/mol. The zero-order valence-electron chi connectivity index (χ0n) is 11.8. The molecule has 3 heteroatoms. The van der Waals surface area contributed by atoms with Gasteiger partial charge in [0.25, 0.3) is 0 Å². The van der Waals surface area contributed by atoms with Crippen LogP contribution >= 0.6 is 0 Å². The Kier molecular flexibility index (Phi) is 4.77. The fourth-order valence-electron chi connectivity index (χ4n) is 2.03. The van der Waals surface area contributed by atoms with E-state index in [1.54, 1.807) is 6.92 Å². The van der Waals surface area contributed by atoms with Crippen LogP contribution in [-0.2, 0) is 4.74 Å². The lowest BCUT2D eigenvalue weighted by molar-refractivity contribution is 0.149. The van der Waals surface area contributed by atoms with Crippen LogP contribution in [0.1, 0.15) is 25.5 Å². The largest absolute Gasteiger partial charge is 0.450 e. The molecule has 0 saturated carbocycles. The van der Waals surface area contributed by atoms with E-state index in [0.717, 1.165) is 11.1 Å². The summed E-state index contributed by atoms with van der Waals surface area (Å²) < 4.78 is 4.88. The normalized spacial score (nSPS) is 11.7. The molecule has 1 unspecified atom stereocenters. The van der Waals surface area contributed by atoms with Crippen LogP contribution in [0, 0.1) is 0 Å². The summed E-state index contributed by atoms with van der Waals surface area (Å²) in [6.07, 6.45) is -0.382. The molecular formula is C17H19NO2. The van der Waals surface area contributed by atoms with Gasteiger partial charge in [-0.15, -0.1) is 0 Å². The van der Waals surface area contributed by atoms with E-state index in [9.17, 15) is 4.79 Å². The molecule has 0 aliphatic heterocycles. The van der Waals surface area contributed by atoms with Crippen molar-refractivity contribution in [2.75, 3.05) is 6.61 Å². The average Bonchev–Trinajstić information content (AvgIpc) is 2.48. The first-order valence-corrected chi connectivity index (χ1v) is 6.79. The van der Waals surface area contributed by atoms with Crippen LogP contribution in [0.5, 0.6) is 0 Å². The fraction of sp³-hybridized carbons (Fsp3) is 0.235. The summed E-state index contributed by atoms with van der Waals surface area (Å²) in [6.45, 7) is 4.11. The van der Waals surface area contributed by atoms with Gasteiger partial charge < -0.3 is 10.1 Å². The van der Waals surface area contributed by atoms with Crippen LogP contribution in [0.3, 0.4) is 0 Å². The Balaban J connectivity index is 2.06. The molecule has 2 aromatic rings. The molecule has 0 spiro atoms. The number of ether oxygens (including phenoxy) is 1. The van der Waals surface area contributed by atoms with Crippen LogP contribution in [0.2, 0.25) is 0 Å². The van der Waals surface area contributed by atoms with Crippen LogP contribution in [0.4, 0.5) is 4.79 Å². The zero-order valence-corrected chi connectivity index (χ0v) is 11.8. The highest BCUT2D eigenvalue weighted by atomic mass is 16.5. The quantitative estimate of drug-likeness (QED) is 0.905. The van der Waals surface area contributed by atoms with Crippen molar-refractivity contribution in [3.63, 3.8) is 0 Å². The van der Waals surface area contributed by atoms with Gasteiger partial charge >= 0.3 is 6.09 Å². The molecule has 0 fully saturated rings. The van der Waals surface area contributed by atoms with Crippen molar-refractivity contribution in [3.05, 3.63) is 60.2 Å². The summed E-state index contributed by atoms with van der Waals surface area (Å²) in [5.41, 5.74) is 3.40. The van der Waals surface area contributed by atoms with E-state index in [-0.39, 0.29) is 12.1 Å². The molecule has 2 aromatic carbocycles. The first-order chi connectivity index (χ1) is 9.70. The standard InChI is InChI=1S/C17H19NO2/c1-3-20-17(19)18-13(2)14-9-11-16(12-10-14)15-7-5-4-6-8-15/h4-13H,3H2,1-2H3,(H,18,19). The summed E-state index contributed by atoms with van der Waals surface area (Å²) in [7, 11) is 0. The molecule has 104 valence electrons. The topological polar surface area (TPSA) is 38.3 Å². The van der Waals surface area contributed by atoms with Gasteiger partial charge in [0, 0.05) is 0 Å². The molecule has 0 aliphatic carbocycles. The molecule has 1 N–H and O–H groups in total. The summed E-state index contributed by atoms with van der Waals surface area (Å²) in [6, 6.07) is 18.3. The molecular weight excluding hydrogens is 250 g/mol. The predicted molar refractivity (Wildman–Crippen MR) is 80.5 cm³/mol. The van der Waals surface area contributed by atoms with Crippen LogP contribution in [-0.4, -0.2) is 12.7 Å². The number of nitrogens with one attached hydrogen (secondary N) is 1. The van der Waals surface area contributed by atoms with Crippen molar-refractivity contribution in [3.8, 4) is 11.1 Å². The minimum atomic E-state index is -0.382. The Morgan fingerprint density at radius 3 is 2.25 bits per heavy atom. The van der Waals surface area contributed by atoms with Crippen molar-refractivity contribution in [2.24, 2.45) is 0 Å². The van der Waals surface area contributed by atoms with Crippen molar-refractivity contribution < 1.29 is 9.53 Å². The van der Waals surface area contributed by atoms with Gasteiger partial charge in [-0.3, -0.25) is 0 Å². The second-order valence-electron chi connectivity index (χ2n) is 4.57. The Morgan fingerprint density at radius 2 is 1.65 bits per heavy atom. The van der Waals surface area contributed by atoms with Gasteiger partial charge in [-0.25, -0.2) is 4.79 Å². The number of benzene rings is 2. The van der Waals surface area contributed by atoms with Gasteiger partial charge in [0.2, 0.25) is 0 Å². The van der Waals surface area contributed by atoms with E-state index in [4.69, 9.17) is 4.74 Å². The first kappa shape index (κ1) is 14.1. The van der Waals surface area contributed by atoms with Crippen LogP contribution in [0.25, 0.3) is 11.1 Å². The van der Waals surface area contributed by atoms with E-state index >= 15 is 0 Å². The third-order valence-electron chi connectivity index (χ3n) is 3.13. The van der Waals surface area contributed by atoms with Gasteiger partial charge in [-0.2, -0.15) is 0 Å². The smallest absolute Gasteiger partial charge is 0.407 e. The van der Waals surface area contributed by atoms with Gasteiger partial charge in [0.1, 0.15) is 0 Å². The number of carbonyl (C=O) groups excluding carboxylic acids is 1. The maximum Gasteiger partial charge on any atom is 0.407 e. The van der Waals surface area contributed by atoms with E-state index in [0.29, 0.717) is 6.61 Å². The number of hydrogen-bond donors (Lipinski definition) is 1. The molecule has 0 radical (unpaired) electrons. The minimum absolute atomic E-state index is 0.0705. The summed E-state index contributed by atoms with van der Waals surface area (Å²) in [5.74, 6) is 0. The molecule has 20 heavy (non-hydrogen) atoms. The van der Waals surface area contributed by atoms with Gasteiger partial charge in [-0.1, -0.05) is 54.6 Å². The number of rotatable bonds is 4. The van der Waals surface area contributed by atoms with E-state index in [1.165, 1.54) is 5.56 Å². The molecule has 2 rings (SSSR count). The Morgan fingerprint density at radius 1 is 1.05 bits per heavy atom. The van der Waals surface area contributed by atoms with Gasteiger partial charge in [-0.05, 0) is 30.5 Å². The second kappa shape index (κ2) is 6.75. The van der Waals surface area contributed by atoms with Gasteiger partial charge in [0.05, 0.1) is 12.6 Å². The Hall–Kier alpha value is -2.29. The summed E-state index contributed by atoms with van der Waals surface area (Å²) in [4.78, 5) is 11.4. The van der Waals surface area contributed by atoms with E-state index in [1.807, 2.05) is 37.3 Å². The third-order valence-corrected chi connectivity index (χ3v) is 3.13. The molecule has 0 aliphatic rings. The van der Waals surface area contributed by atoms with Crippen LogP contribution in [0.15, 0.2) is 54.6 Å². The summed E-state index contributed by atoms with van der Waals surface area (Å²) in [5, 5.41) is 2.80. The highest BCUT2D eigenvalue weighted by molar-refractivity contribution is 5.68. The number of amides is 1. The lowest BCUT2D eigenvalue weighted by Gasteiger charge is -2.14. The molecule has 0 bridgehead atoms. The zero-order chi connectivity index (χ0) is 14.4. The monoisotopic (exact) mass is 269 g/mol. The minimum Gasteiger partial charge on any atom is -0.450 e. The number of alkyl carbamates (subject to hydrolysis) is 1. The van der Waals surface area contributed by atoms with E-state index < -0.39 is 0 Å². The highest BCUT2D eigenvalue weighted by Gasteiger charge is 2.09. The Bertz CT molecular complexity index is 549. The third kappa shape index (κ3) is 3.60. The van der Waals surface area contributed by atoms with Gasteiger partial charge in [0.15, 0.2) is 0 Å². The second-order valence-corrected chi connectivity index (χ2v) is 4.57. The highest BCUT2D eigenvalue weighted by Crippen LogP contribution is 2.21. The molecule has 1 atom stereocenters. The lowest BCUT2D eigenvalue weighted by Crippen LogP contribution is -2.27.